The number of nitrogens with zero attached hydrogens (tertiary/aromatic N) is 2. The smallest absolute Gasteiger partial charge is 0.311 e. The van der Waals surface area contributed by atoms with Gasteiger partial charge >= 0.3 is 5.69 Å². The molecule has 6 heteroatoms. The predicted molar refractivity (Wildman–Crippen MR) is 57.5 cm³/mol. The fraction of sp³-hybridized carbons (Fsp3) is 0.300. The summed E-state index contributed by atoms with van der Waals surface area (Å²) in [5, 5.41) is 20.3. The number of amides is 1. The van der Waals surface area contributed by atoms with Gasteiger partial charge in [-0.05, 0) is 12.5 Å². The quantitative estimate of drug-likeness (QED) is 0.606. The molecule has 1 aromatic rings. The number of nitro groups is 1. The van der Waals surface area contributed by atoms with Crippen molar-refractivity contribution in [1.29, 1.82) is 0 Å². The van der Waals surface area contributed by atoms with Crippen LogP contribution in [-0.4, -0.2) is 34.9 Å². The third-order valence-electron chi connectivity index (χ3n) is 2.18. The lowest BCUT2D eigenvalue weighted by Crippen LogP contribution is -2.22. The topological polar surface area (TPSA) is 83.7 Å². The second-order valence-electron chi connectivity index (χ2n) is 3.58. The Labute approximate surface area is 92.3 Å². The SMILES string of the molecule is Cc1ccc([N+](=O)[O-])c(O)c1C(=O)N(C)C. The summed E-state index contributed by atoms with van der Waals surface area (Å²) in [4.78, 5) is 22.8. The van der Waals surface area contributed by atoms with Gasteiger partial charge in [0.1, 0.15) is 0 Å². The first-order valence-electron chi connectivity index (χ1n) is 4.55. The third kappa shape index (κ3) is 1.95. The number of rotatable bonds is 2. The van der Waals surface area contributed by atoms with Gasteiger partial charge in [0.25, 0.3) is 5.91 Å². The van der Waals surface area contributed by atoms with E-state index in [-0.39, 0.29) is 5.56 Å². The molecule has 0 saturated heterocycles. The maximum atomic E-state index is 11.7. The average molecular weight is 224 g/mol. The number of carbonyl (C=O) groups excluding carboxylic acids is 1. The van der Waals surface area contributed by atoms with E-state index in [9.17, 15) is 20.0 Å². The Balaban J connectivity index is 3.43. The van der Waals surface area contributed by atoms with E-state index < -0.39 is 22.3 Å². The third-order valence-corrected chi connectivity index (χ3v) is 2.18. The Morgan fingerprint density at radius 3 is 2.44 bits per heavy atom. The van der Waals surface area contributed by atoms with Crippen LogP contribution in [0.4, 0.5) is 5.69 Å². The number of aryl methyl sites for hydroxylation is 1. The van der Waals surface area contributed by atoms with Gasteiger partial charge in [-0.3, -0.25) is 14.9 Å². The van der Waals surface area contributed by atoms with Crippen molar-refractivity contribution < 1.29 is 14.8 Å². The van der Waals surface area contributed by atoms with Crippen molar-refractivity contribution in [2.75, 3.05) is 14.1 Å². The molecular weight excluding hydrogens is 212 g/mol. The van der Waals surface area contributed by atoms with Crippen molar-refractivity contribution in [3.05, 3.63) is 33.4 Å². The zero-order chi connectivity index (χ0) is 12.5. The number of hydrogen-bond donors (Lipinski definition) is 1. The summed E-state index contributed by atoms with van der Waals surface area (Å²) in [5.74, 6) is -1.04. The normalized spacial score (nSPS) is 9.94. The van der Waals surface area contributed by atoms with Gasteiger partial charge in [-0.15, -0.1) is 0 Å². The molecule has 0 bridgehead atoms. The van der Waals surface area contributed by atoms with E-state index in [0.717, 1.165) is 0 Å². The molecule has 1 amide bonds. The number of aromatic hydroxyl groups is 1. The van der Waals surface area contributed by atoms with E-state index >= 15 is 0 Å². The molecule has 0 unspecified atom stereocenters. The molecule has 0 atom stereocenters. The van der Waals surface area contributed by atoms with Gasteiger partial charge in [0.15, 0.2) is 0 Å². The molecule has 0 saturated carbocycles. The average Bonchev–Trinajstić information content (AvgIpc) is 2.16. The second-order valence-corrected chi connectivity index (χ2v) is 3.58. The monoisotopic (exact) mass is 224 g/mol. The van der Waals surface area contributed by atoms with Crippen LogP contribution in [0, 0.1) is 17.0 Å². The number of carbonyl (C=O) groups is 1. The highest BCUT2D eigenvalue weighted by atomic mass is 16.6. The fourth-order valence-electron chi connectivity index (χ4n) is 1.32. The van der Waals surface area contributed by atoms with Crippen LogP contribution in [0.1, 0.15) is 15.9 Å². The molecule has 6 nitrogen and oxygen atoms in total. The Bertz CT molecular complexity index is 454. The van der Waals surface area contributed by atoms with E-state index in [1.807, 2.05) is 0 Å². The van der Waals surface area contributed by atoms with Crippen LogP contribution in [-0.2, 0) is 0 Å². The Kier molecular flexibility index (Phi) is 3.12. The van der Waals surface area contributed by atoms with Crippen molar-refractivity contribution in [3.63, 3.8) is 0 Å². The highest BCUT2D eigenvalue weighted by Crippen LogP contribution is 2.32. The number of benzene rings is 1. The van der Waals surface area contributed by atoms with Gasteiger partial charge in [-0.1, -0.05) is 6.07 Å². The molecule has 16 heavy (non-hydrogen) atoms. The van der Waals surface area contributed by atoms with Gasteiger partial charge in [0.2, 0.25) is 5.75 Å². The summed E-state index contributed by atoms with van der Waals surface area (Å²) < 4.78 is 0. The van der Waals surface area contributed by atoms with Crippen LogP contribution in [0.2, 0.25) is 0 Å². The van der Waals surface area contributed by atoms with Gasteiger partial charge in [0.05, 0.1) is 10.5 Å². The van der Waals surface area contributed by atoms with Crippen LogP contribution >= 0.6 is 0 Å². The van der Waals surface area contributed by atoms with E-state index in [0.29, 0.717) is 5.56 Å². The second kappa shape index (κ2) is 4.18. The molecule has 0 aliphatic rings. The van der Waals surface area contributed by atoms with E-state index in [2.05, 4.69) is 0 Å². The Hall–Kier alpha value is -2.11. The van der Waals surface area contributed by atoms with Crippen LogP contribution in [0.5, 0.6) is 5.75 Å². The molecule has 0 heterocycles. The first-order chi connectivity index (χ1) is 7.36. The van der Waals surface area contributed by atoms with Gasteiger partial charge < -0.3 is 10.0 Å². The first kappa shape index (κ1) is 12.0. The molecule has 1 aromatic carbocycles. The molecule has 0 spiro atoms. The largest absolute Gasteiger partial charge is 0.502 e. The van der Waals surface area contributed by atoms with Gasteiger partial charge in [-0.2, -0.15) is 0 Å². The molecular formula is C10H12N2O4. The Morgan fingerprint density at radius 2 is 2.00 bits per heavy atom. The molecule has 0 fully saturated rings. The molecule has 0 aliphatic carbocycles. The molecule has 0 aromatic heterocycles. The summed E-state index contributed by atoms with van der Waals surface area (Å²) in [6.45, 7) is 1.61. The molecule has 0 radical (unpaired) electrons. The van der Waals surface area contributed by atoms with Crippen molar-refractivity contribution >= 4 is 11.6 Å². The minimum atomic E-state index is -0.721. The van der Waals surface area contributed by atoms with Crippen molar-refractivity contribution in [1.82, 2.24) is 4.90 Å². The van der Waals surface area contributed by atoms with Crippen molar-refractivity contribution in [2.45, 2.75) is 6.92 Å². The Morgan fingerprint density at radius 1 is 1.44 bits per heavy atom. The van der Waals surface area contributed by atoms with Gasteiger partial charge in [-0.25, -0.2) is 0 Å². The lowest BCUT2D eigenvalue weighted by molar-refractivity contribution is -0.385. The molecule has 86 valence electrons. The maximum Gasteiger partial charge on any atom is 0.311 e. The van der Waals surface area contributed by atoms with E-state index in [1.165, 1.54) is 31.1 Å². The number of nitro benzene ring substituents is 1. The summed E-state index contributed by atoms with van der Waals surface area (Å²) >= 11 is 0. The number of hydrogen-bond acceptors (Lipinski definition) is 4. The summed E-state index contributed by atoms with van der Waals surface area (Å²) in [6, 6.07) is 2.62. The molecule has 1 N–H and O–H groups in total. The number of phenols is 1. The lowest BCUT2D eigenvalue weighted by atomic mass is 10.1. The summed E-state index contributed by atoms with van der Waals surface area (Å²) in [6.07, 6.45) is 0. The van der Waals surface area contributed by atoms with Crippen LogP contribution in [0.25, 0.3) is 0 Å². The lowest BCUT2D eigenvalue weighted by Gasteiger charge is -2.13. The standard InChI is InChI=1S/C10H12N2O4/c1-6-4-5-7(12(15)16)9(13)8(6)10(14)11(2)3/h4-5,13H,1-3H3. The van der Waals surface area contributed by atoms with Crippen LogP contribution < -0.4 is 0 Å². The van der Waals surface area contributed by atoms with E-state index in [4.69, 9.17) is 0 Å². The fourth-order valence-corrected chi connectivity index (χ4v) is 1.32. The highest BCUT2D eigenvalue weighted by molar-refractivity contribution is 5.99. The predicted octanol–water partition coefficient (Wildman–Crippen LogP) is 1.31. The minimum absolute atomic E-state index is 0.0285. The van der Waals surface area contributed by atoms with Crippen molar-refractivity contribution in [3.8, 4) is 5.75 Å². The number of phenolic OH excluding ortho intramolecular Hbond substituents is 1. The highest BCUT2D eigenvalue weighted by Gasteiger charge is 2.24. The minimum Gasteiger partial charge on any atom is -0.502 e. The molecule has 0 aliphatic heterocycles. The zero-order valence-electron chi connectivity index (χ0n) is 9.22. The zero-order valence-corrected chi connectivity index (χ0v) is 9.22. The first-order valence-corrected chi connectivity index (χ1v) is 4.55. The maximum absolute atomic E-state index is 11.7. The van der Waals surface area contributed by atoms with Gasteiger partial charge in [0, 0.05) is 20.2 Å². The van der Waals surface area contributed by atoms with Crippen molar-refractivity contribution in [2.24, 2.45) is 0 Å². The summed E-state index contributed by atoms with van der Waals surface area (Å²) in [5.41, 5.74) is 0.0109. The van der Waals surface area contributed by atoms with E-state index in [1.54, 1.807) is 6.92 Å². The summed E-state index contributed by atoms with van der Waals surface area (Å²) in [7, 11) is 3.03. The van der Waals surface area contributed by atoms with Crippen LogP contribution in [0.15, 0.2) is 12.1 Å². The molecule has 1 rings (SSSR count). The van der Waals surface area contributed by atoms with Crippen LogP contribution in [0.3, 0.4) is 0 Å².